The Morgan fingerprint density at radius 1 is 1.00 bits per heavy atom. The minimum atomic E-state index is -0.202. The molecule has 21 heavy (non-hydrogen) atoms. The van der Waals surface area contributed by atoms with Crippen LogP contribution in [0.3, 0.4) is 0 Å². The SMILES string of the molecule is Cc1cc(C)c(C(N)c2cc3ccc(F)cc3s2)c(C)c1. The second-order valence-corrected chi connectivity index (χ2v) is 6.74. The Hall–Kier alpha value is -1.71. The van der Waals surface area contributed by atoms with Crippen molar-refractivity contribution in [3.8, 4) is 0 Å². The Kier molecular flexibility index (Phi) is 3.56. The molecular formula is C18H18FNS. The summed E-state index contributed by atoms with van der Waals surface area (Å²) in [6.45, 7) is 6.29. The normalized spacial score (nSPS) is 12.8. The number of aryl methyl sites for hydroxylation is 3. The molecule has 0 aliphatic rings. The maximum absolute atomic E-state index is 13.3. The first-order valence-corrected chi connectivity index (χ1v) is 7.79. The Morgan fingerprint density at radius 3 is 2.33 bits per heavy atom. The van der Waals surface area contributed by atoms with E-state index in [0.717, 1.165) is 15.0 Å². The Bertz CT molecular complexity index is 796. The van der Waals surface area contributed by atoms with E-state index >= 15 is 0 Å². The first-order valence-electron chi connectivity index (χ1n) is 6.98. The number of fused-ring (bicyclic) bond motifs is 1. The minimum Gasteiger partial charge on any atom is -0.320 e. The van der Waals surface area contributed by atoms with Crippen molar-refractivity contribution in [1.29, 1.82) is 0 Å². The molecule has 1 aromatic heterocycles. The zero-order chi connectivity index (χ0) is 15.1. The largest absolute Gasteiger partial charge is 0.320 e. The highest BCUT2D eigenvalue weighted by atomic mass is 32.1. The van der Waals surface area contributed by atoms with Crippen LogP contribution in [0.5, 0.6) is 0 Å². The van der Waals surface area contributed by atoms with Crippen LogP contribution >= 0.6 is 11.3 Å². The first-order chi connectivity index (χ1) is 9.95. The van der Waals surface area contributed by atoms with Crippen molar-refractivity contribution in [2.45, 2.75) is 26.8 Å². The highest BCUT2D eigenvalue weighted by Gasteiger charge is 2.17. The van der Waals surface area contributed by atoms with Gasteiger partial charge in [-0.25, -0.2) is 4.39 Å². The third kappa shape index (κ3) is 2.59. The Balaban J connectivity index is 2.10. The van der Waals surface area contributed by atoms with Crippen molar-refractivity contribution in [3.63, 3.8) is 0 Å². The molecular weight excluding hydrogens is 281 g/mol. The number of hydrogen-bond donors (Lipinski definition) is 1. The van der Waals surface area contributed by atoms with Crippen LogP contribution in [0.15, 0.2) is 36.4 Å². The first kappa shape index (κ1) is 14.2. The number of hydrogen-bond acceptors (Lipinski definition) is 2. The summed E-state index contributed by atoms with van der Waals surface area (Å²) in [5.74, 6) is -0.202. The number of benzene rings is 2. The zero-order valence-corrected chi connectivity index (χ0v) is 13.2. The van der Waals surface area contributed by atoms with Gasteiger partial charge in [0.15, 0.2) is 0 Å². The van der Waals surface area contributed by atoms with Gasteiger partial charge in [0.25, 0.3) is 0 Å². The van der Waals surface area contributed by atoms with Gasteiger partial charge >= 0.3 is 0 Å². The summed E-state index contributed by atoms with van der Waals surface area (Å²) in [6.07, 6.45) is 0. The fraction of sp³-hybridized carbons (Fsp3) is 0.222. The average molecular weight is 299 g/mol. The van der Waals surface area contributed by atoms with Gasteiger partial charge in [-0.3, -0.25) is 0 Å². The minimum absolute atomic E-state index is 0.161. The molecule has 1 unspecified atom stereocenters. The number of halogens is 1. The lowest BCUT2D eigenvalue weighted by atomic mass is 9.93. The molecule has 0 radical (unpaired) electrons. The van der Waals surface area contributed by atoms with Gasteiger partial charge in [0.1, 0.15) is 5.82 Å². The van der Waals surface area contributed by atoms with Crippen molar-refractivity contribution < 1.29 is 4.39 Å². The molecule has 0 saturated heterocycles. The summed E-state index contributed by atoms with van der Waals surface area (Å²) < 4.78 is 14.3. The lowest BCUT2D eigenvalue weighted by Gasteiger charge is -2.17. The van der Waals surface area contributed by atoms with Crippen LogP contribution < -0.4 is 5.73 Å². The number of nitrogens with two attached hydrogens (primary N) is 1. The van der Waals surface area contributed by atoms with E-state index in [2.05, 4.69) is 39.0 Å². The highest BCUT2D eigenvalue weighted by Crippen LogP contribution is 2.34. The van der Waals surface area contributed by atoms with E-state index in [1.807, 2.05) is 6.07 Å². The number of rotatable bonds is 2. The van der Waals surface area contributed by atoms with Gasteiger partial charge in [0.05, 0.1) is 6.04 Å². The van der Waals surface area contributed by atoms with Gasteiger partial charge in [-0.2, -0.15) is 0 Å². The molecule has 1 nitrogen and oxygen atoms in total. The summed E-state index contributed by atoms with van der Waals surface area (Å²) in [7, 11) is 0. The summed E-state index contributed by atoms with van der Waals surface area (Å²) in [4.78, 5) is 1.07. The fourth-order valence-corrected chi connectivity index (χ4v) is 4.10. The summed E-state index contributed by atoms with van der Waals surface area (Å²) in [5, 5.41) is 1.05. The molecule has 3 aromatic rings. The molecule has 3 rings (SSSR count). The van der Waals surface area contributed by atoms with Gasteiger partial charge in [0.2, 0.25) is 0 Å². The summed E-state index contributed by atoms with van der Waals surface area (Å²) >= 11 is 1.57. The highest BCUT2D eigenvalue weighted by molar-refractivity contribution is 7.19. The molecule has 3 heteroatoms. The predicted molar refractivity (Wildman–Crippen MR) is 88.5 cm³/mol. The second kappa shape index (κ2) is 5.24. The summed E-state index contributed by atoms with van der Waals surface area (Å²) in [6, 6.07) is 11.1. The van der Waals surface area contributed by atoms with E-state index < -0.39 is 0 Å². The van der Waals surface area contributed by atoms with Crippen LogP contribution in [0.25, 0.3) is 10.1 Å². The van der Waals surface area contributed by atoms with Crippen LogP contribution in [0.2, 0.25) is 0 Å². The lowest BCUT2D eigenvalue weighted by molar-refractivity contribution is 0.630. The van der Waals surface area contributed by atoms with Gasteiger partial charge in [-0.15, -0.1) is 11.3 Å². The molecule has 108 valence electrons. The molecule has 0 aliphatic carbocycles. The molecule has 2 N–H and O–H groups in total. The van der Waals surface area contributed by atoms with Crippen LogP contribution in [0.4, 0.5) is 4.39 Å². The zero-order valence-electron chi connectivity index (χ0n) is 12.4. The quantitative estimate of drug-likeness (QED) is 0.707. The molecule has 0 saturated carbocycles. The molecule has 0 spiro atoms. The van der Waals surface area contributed by atoms with Crippen LogP contribution in [-0.4, -0.2) is 0 Å². The molecule has 2 aromatic carbocycles. The molecule has 0 aliphatic heterocycles. The number of thiophene rings is 1. The maximum atomic E-state index is 13.3. The lowest BCUT2D eigenvalue weighted by Crippen LogP contribution is -2.13. The predicted octanol–water partition coefficient (Wildman–Crippen LogP) is 5.01. The van der Waals surface area contributed by atoms with Crippen LogP contribution in [-0.2, 0) is 0 Å². The van der Waals surface area contributed by atoms with E-state index in [1.165, 1.54) is 28.3 Å². The topological polar surface area (TPSA) is 26.0 Å². The molecule has 0 amide bonds. The van der Waals surface area contributed by atoms with Crippen molar-refractivity contribution in [3.05, 3.63) is 69.3 Å². The van der Waals surface area contributed by atoms with Crippen molar-refractivity contribution in [1.82, 2.24) is 0 Å². The van der Waals surface area contributed by atoms with Crippen molar-refractivity contribution in [2.75, 3.05) is 0 Å². The van der Waals surface area contributed by atoms with E-state index in [9.17, 15) is 4.39 Å². The van der Waals surface area contributed by atoms with Crippen LogP contribution in [0.1, 0.15) is 33.2 Å². The third-order valence-corrected chi connectivity index (χ3v) is 5.04. The standard InChI is InChI=1S/C18H18FNS/c1-10-6-11(2)17(12(3)7-10)18(20)16-8-13-4-5-14(19)9-15(13)21-16/h4-9,18H,20H2,1-3H3. The molecule has 0 bridgehead atoms. The second-order valence-electron chi connectivity index (χ2n) is 5.62. The molecule has 0 fully saturated rings. The fourth-order valence-electron chi connectivity index (χ4n) is 3.00. The van der Waals surface area contributed by atoms with Gasteiger partial charge in [0, 0.05) is 9.58 Å². The van der Waals surface area contributed by atoms with E-state index in [1.54, 1.807) is 17.4 Å². The van der Waals surface area contributed by atoms with Gasteiger partial charge in [-0.05, 0) is 61.0 Å². The van der Waals surface area contributed by atoms with Gasteiger partial charge < -0.3 is 5.73 Å². The monoisotopic (exact) mass is 299 g/mol. The van der Waals surface area contributed by atoms with Crippen LogP contribution in [0, 0.1) is 26.6 Å². The average Bonchev–Trinajstić information content (AvgIpc) is 2.80. The Morgan fingerprint density at radius 2 is 1.67 bits per heavy atom. The summed E-state index contributed by atoms with van der Waals surface area (Å²) in [5.41, 5.74) is 11.3. The van der Waals surface area contributed by atoms with Crippen molar-refractivity contribution >= 4 is 21.4 Å². The smallest absolute Gasteiger partial charge is 0.124 e. The van der Waals surface area contributed by atoms with E-state index in [4.69, 9.17) is 5.73 Å². The van der Waals surface area contributed by atoms with E-state index in [0.29, 0.717) is 0 Å². The van der Waals surface area contributed by atoms with Gasteiger partial charge in [-0.1, -0.05) is 23.8 Å². The third-order valence-electron chi connectivity index (χ3n) is 3.86. The van der Waals surface area contributed by atoms with E-state index in [-0.39, 0.29) is 11.9 Å². The van der Waals surface area contributed by atoms with Crippen molar-refractivity contribution in [2.24, 2.45) is 5.73 Å². The maximum Gasteiger partial charge on any atom is 0.124 e. The molecule has 1 atom stereocenters. The molecule has 1 heterocycles. The Labute approximate surface area is 128 Å².